The first-order valence-corrected chi connectivity index (χ1v) is 9.56. The summed E-state index contributed by atoms with van der Waals surface area (Å²) in [5.74, 6) is 0.0265. The van der Waals surface area contributed by atoms with Crippen molar-refractivity contribution in [2.75, 3.05) is 5.75 Å². The summed E-state index contributed by atoms with van der Waals surface area (Å²) >= 11 is 0. The molecule has 0 radical (unpaired) electrons. The van der Waals surface area contributed by atoms with Gasteiger partial charge >= 0.3 is 5.76 Å². The lowest BCUT2D eigenvalue weighted by molar-refractivity contribution is -0.120. The third-order valence-electron chi connectivity index (χ3n) is 3.98. The van der Waals surface area contributed by atoms with Crippen molar-refractivity contribution in [2.45, 2.75) is 24.8 Å². The number of amides is 1. The summed E-state index contributed by atoms with van der Waals surface area (Å²) < 4.78 is 36.5. The van der Waals surface area contributed by atoms with Crippen molar-refractivity contribution in [1.29, 1.82) is 0 Å². The second kappa shape index (κ2) is 6.83. The lowest BCUT2D eigenvalue weighted by Gasteiger charge is -2.05. The highest BCUT2D eigenvalue weighted by Gasteiger charge is 2.19. The molecule has 0 saturated heterocycles. The normalized spacial score (nSPS) is 11.8. The molecule has 2 aromatic heterocycles. The van der Waals surface area contributed by atoms with E-state index in [1.54, 1.807) is 19.1 Å². The molecule has 0 saturated carbocycles. The van der Waals surface area contributed by atoms with E-state index in [0.29, 0.717) is 11.3 Å². The molecule has 0 unspecified atom stereocenters. The fourth-order valence-electron chi connectivity index (χ4n) is 2.51. The van der Waals surface area contributed by atoms with Crippen LogP contribution in [0.2, 0.25) is 0 Å². The molecule has 3 aromatic rings. The topological polar surface area (TPSA) is 112 Å². The molecule has 0 bridgehead atoms. The summed E-state index contributed by atoms with van der Waals surface area (Å²) in [6, 6.07) is 7.73. The maximum atomic E-state index is 12.4. The lowest BCUT2D eigenvalue weighted by Crippen LogP contribution is -2.25. The molecule has 0 aliphatic rings. The Balaban J connectivity index is 1.64. The van der Waals surface area contributed by atoms with E-state index in [2.05, 4.69) is 5.32 Å². The standard InChI is InChI=1S/C17H18N2O6S/c1-11-3-4-12(24-11)10-18-16(20)7-8-26(22,23)13-5-6-14-15(9-13)25-17(21)19(14)2/h3-6,9H,7-8,10H2,1-2H3,(H,18,20). The number of nitrogens with one attached hydrogen (secondary N) is 1. The summed E-state index contributed by atoms with van der Waals surface area (Å²) in [6.07, 6.45) is -0.182. The van der Waals surface area contributed by atoms with Crippen LogP contribution >= 0.6 is 0 Å². The highest BCUT2D eigenvalue weighted by Crippen LogP contribution is 2.19. The van der Waals surface area contributed by atoms with E-state index in [0.717, 1.165) is 5.76 Å². The number of oxazole rings is 1. The number of carbonyl (C=O) groups is 1. The summed E-state index contributed by atoms with van der Waals surface area (Å²) in [6.45, 7) is 2.00. The molecule has 2 heterocycles. The zero-order valence-electron chi connectivity index (χ0n) is 14.3. The van der Waals surface area contributed by atoms with Gasteiger partial charge in [-0.15, -0.1) is 0 Å². The molecule has 8 nitrogen and oxygen atoms in total. The fourth-order valence-corrected chi connectivity index (χ4v) is 3.76. The highest BCUT2D eigenvalue weighted by atomic mass is 32.2. The number of fused-ring (bicyclic) bond motifs is 1. The van der Waals surface area contributed by atoms with Crippen LogP contribution in [0.3, 0.4) is 0 Å². The van der Waals surface area contributed by atoms with Crippen LogP contribution in [0.4, 0.5) is 0 Å². The van der Waals surface area contributed by atoms with Crippen molar-refractivity contribution < 1.29 is 22.0 Å². The van der Waals surface area contributed by atoms with E-state index in [1.165, 1.54) is 29.8 Å². The first-order chi connectivity index (χ1) is 12.3. The molecule has 0 atom stereocenters. The summed E-state index contributed by atoms with van der Waals surface area (Å²) in [5.41, 5.74) is 0.691. The molecule has 0 spiro atoms. The van der Waals surface area contributed by atoms with Gasteiger partial charge in [0.15, 0.2) is 15.4 Å². The Labute approximate surface area is 149 Å². The van der Waals surface area contributed by atoms with E-state index >= 15 is 0 Å². The van der Waals surface area contributed by atoms with E-state index in [4.69, 9.17) is 8.83 Å². The van der Waals surface area contributed by atoms with Crippen molar-refractivity contribution in [3.63, 3.8) is 0 Å². The Hall–Kier alpha value is -2.81. The zero-order valence-corrected chi connectivity index (χ0v) is 15.1. The van der Waals surface area contributed by atoms with Crippen LogP contribution in [0.5, 0.6) is 0 Å². The van der Waals surface area contributed by atoms with E-state index in [-0.39, 0.29) is 29.2 Å². The molecule has 1 amide bonds. The minimum atomic E-state index is -3.68. The van der Waals surface area contributed by atoms with Gasteiger partial charge < -0.3 is 14.2 Å². The number of furan rings is 1. The molecule has 1 N–H and O–H groups in total. The summed E-state index contributed by atoms with van der Waals surface area (Å²) in [7, 11) is -2.15. The predicted octanol–water partition coefficient (Wildman–Crippen LogP) is 1.51. The monoisotopic (exact) mass is 378 g/mol. The maximum absolute atomic E-state index is 12.4. The number of rotatable bonds is 6. The second-order valence-electron chi connectivity index (χ2n) is 5.91. The van der Waals surface area contributed by atoms with Gasteiger partial charge in [-0.1, -0.05) is 0 Å². The molecule has 0 fully saturated rings. The molecule has 26 heavy (non-hydrogen) atoms. The Morgan fingerprint density at radius 3 is 2.65 bits per heavy atom. The zero-order chi connectivity index (χ0) is 18.9. The van der Waals surface area contributed by atoms with Crippen LogP contribution in [0.25, 0.3) is 11.1 Å². The van der Waals surface area contributed by atoms with Gasteiger partial charge in [0.1, 0.15) is 11.5 Å². The number of hydrogen-bond donors (Lipinski definition) is 1. The average Bonchev–Trinajstić information content (AvgIpc) is 3.14. The van der Waals surface area contributed by atoms with Gasteiger partial charge in [0.05, 0.1) is 22.7 Å². The van der Waals surface area contributed by atoms with Gasteiger partial charge in [-0.05, 0) is 31.2 Å². The minimum Gasteiger partial charge on any atom is -0.465 e. The fraction of sp³-hybridized carbons (Fsp3) is 0.294. The molecular formula is C17H18N2O6S. The van der Waals surface area contributed by atoms with Gasteiger partial charge in [-0.3, -0.25) is 9.36 Å². The summed E-state index contributed by atoms with van der Waals surface area (Å²) in [4.78, 5) is 23.4. The first-order valence-electron chi connectivity index (χ1n) is 7.90. The number of nitrogens with zero attached hydrogens (tertiary/aromatic N) is 1. The van der Waals surface area contributed by atoms with Crippen LogP contribution in [-0.2, 0) is 28.2 Å². The number of benzene rings is 1. The third kappa shape index (κ3) is 3.72. The Morgan fingerprint density at radius 1 is 1.19 bits per heavy atom. The van der Waals surface area contributed by atoms with Crippen LogP contribution in [0, 0.1) is 6.92 Å². The number of sulfone groups is 1. The summed E-state index contributed by atoms with van der Waals surface area (Å²) in [5, 5.41) is 2.62. The van der Waals surface area contributed by atoms with Crippen molar-refractivity contribution in [1.82, 2.24) is 9.88 Å². The molecule has 0 aliphatic heterocycles. The Kier molecular flexibility index (Phi) is 4.73. The van der Waals surface area contributed by atoms with Crippen molar-refractivity contribution in [3.05, 3.63) is 52.4 Å². The third-order valence-corrected chi connectivity index (χ3v) is 5.69. The van der Waals surface area contributed by atoms with E-state index in [1.807, 2.05) is 0 Å². The molecule has 9 heteroatoms. The number of hydrogen-bond acceptors (Lipinski definition) is 6. The van der Waals surface area contributed by atoms with E-state index < -0.39 is 21.5 Å². The Morgan fingerprint density at radius 2 is 1.96 bits per heavy atom. The van der Waals surface area contributed by atoms with E-state index in [9.17, 15) is 18.0 Å². The van der Waals surface area contributed by atoms with Gasteiger partial charge in [0.25, 0.3) is 0 Å². The molecule has 3 rings (SSSR count). The average molecular weight is 378 g/mol. The number of carbonyl (C=O) groups excluding carboxylic acids is 1. The van der Waals surface area contributed by atoms with Gasteiger partial charge in [-0.25, -0.2) is 13.2 Å². The van der Waals surface area contributed by atoms with Crippen LogP contribution in [-0.4, -0.2) is 24.6 Å². The first kappa shape index (κ1) is 18.0. The molecule has 1 aromatic carbocycles. The smallest absolute Gasteiger partial charge is 0.419 e. The van der Waals surface area contributed by atoms with Gasteiger partial charge in [-0.2, -0.15) is 0 Å². The largest absolute Gasteiger partial charge is 0.465 e. The van der Waals surface area contributed by atoms with Gasteiger partial charge in [0.2, 0.25) is 5.91 Å². The molecular weight excluding hydrogens is 360 g/mol. The maximum Gasteiger partial charge on any atom is 0.419 e. The van der Waals surface area contributed by atoms with Crippen LogP contribution < -0.4 is 11.1 Å². The number of aromatic nitrogens is 1. The lowest BCUT2D eigenvalue weighted by atomic mass is 10.3. The van der Waals surface area contributed by atoms with Gasteiger partial charge in [0, 0.05) is 19.5 Å². The second-order valence-corrected chi connectivity index (χ2v) is 8.02. The highest BCUT2D eigenvalue weighted by molar-refractivity contribution is 7.91. The molecule has 138 valence electrons. The van der Waals surface area contributed by atoms with Crippen molar-refractivity contribution in [3.8, 4) is 0 Å². The quantitative estimate of drug-likeness (QED) is 0.696. The van der Waals surface area contributed by atoms with Crippen LogP contribution in [0.1, 0.15) is 17.9 Å². The number of aryl methyl sites for hydroxylation is 2. The Bertz CT molecular complexity index is 1120. The van der Waals surface area contributed by atoms with Crippen molar-refractivity contribution >= 4 is 26.8 Å². The SMILES string of the molecule is Cc1ccc(CNC(=O)CCS(=O)(=O)c2ccc3c(c2)oc(=O)n3C)o1. The van der Waals surface area contributed by atoms with Crippen LogP contribution in [0.15, 0.2) is 48.9 Å². The molecule has 0 aliphatic carbocycles. The predicted molar refractivity (Wildman–Crippen MR) is 93.4 cm³/mol. The van der Waals surface area contributed by atoms with Crippen molar-refractivity contribution in [2.24, 2.45) is 7.05 Å². The minimum absolute atomic E-state index is 0.00816.